The van der Waals surface area contributed by atoms with Crippen LogP contribution in [0.5, 0.6) is 0 Å². The molecule has 2 aromatic heterocycles. The molecule has 2 heterocycles. The smallest absolute Gasteiger partial charge is 0.0737 e. The maximum atomic E-state index is 5.80. The Morgan fingerprint density at radius 3 is 2.80 bits per heavy atom. The highest BCUT2D eigenvalue weighted by atomic mass is 15.2. The van der Waals surface area contributed by atoms with Crippen LogP contribution in [0, 0.1) is 0 Å². The summed E-state index contributed by atoms with van der Waals surface area (Å²) in [5, 5.41) is 4.12. The number of hydrogen-bond donors (Lipinski definition) is 1. The van der Waals surface area contributed by atoms with E-state index in [4.69, 9.17) is 5.73 Å². The van der Waals surface area contributed by atoms with Gasteiger partial charge in [-0.3, -0.25) is 9.67 Å². The third-order valence-electron chi connectivity index (χ3n) is 2.41. The van der Waals surface area contributed by atoms with Crippen LogP contribution in [0.15, 0.2) is 24.7 Å². The molecular formula is C11H14N4. The Balaban J connectivity index is 2.45. The second-order valence-electron chi connectivity index (χ2n) is 3.52. The fourth-order valence-corrected chi connectivity index (χ4v) is 1.53. The summed E-state index contributed by atoms with van der Waals surface area (Å²) in [6.45, 7) is 2.08. The predicted molar refractivity (Wildman–Crippen MR) is 60.2 cm³/mol. The molecule has 0 amide bonds. The van der Waals surface area contributed by atoms with E-state index in [1.54, 1.807) is 17.1 Å². The number of nitrogens with zero attached hydrogens (tertiary/aromatic N) is 3. The van der Waals surface area contributed by atoms with E-state index in [1.165, 1.54) is 0 Å². The summed E-state index contributed by atoms with van der Waals surface area (Å²) in [4.78, 5) is 4.29. The molecular weight excluding hydrogens is 188 g/mol. The minimum atomic E-state index is 0.755. The van der Waals surface area contributed by atoms with Crippen LogP contribution in [0.1, 0.15) is 12.5 Å². The van der Waals surface area contributed by atoms with Gasteiger partial charge in [0.05, 0.1) is 23.8 Å². The van der Waals surface area contributed by atoms with Crippen molar-refractivity contribution in [3.8, 4) is 11.3 Å². The molecule has 0 radical (unpaired) electrons. The molecule has 0 saturated carbocycles. The van der Waals surface area contributed by atoms with Crippen molar-refractivity contribution in [3.63, 3.8) is 0 Å². The molecule has 78 valence electrons. The Bertz CT molecular complexity index is 473. The molecule has 0 aromatic carbocycles. The minimum absolute atomic E-state index is 0.755. The largest absolute Gasteiger partial charge is 0.397 e. The van der Waals surface area contributed by atoms with Crippen molar-refractivity contribution >= 4 is 5.69 Å². The van der Waals surface area contributed by atoms with Gasteiger partial charge < -0.3 is 5.73 Å². The number of nitrogen functional groups attached to an aromatic ring is 1. The highest BCUT2D eigenvalue weighted by Gasteiger charge is 2.04. The molecule has 0 aliphatic heterocycles. The van der Waals surface area contributed by atoms with Crippen LogP contribution in [-0.4, -0.2) is 14.8 Å². The van der Waals surface area contributed by atoms with Gasteiger partial charge in [-0.2, -0.15) is 5.10 Å². The van der Waals surface area contributed by atoms with Gasteiger partial charge in [-0.15, -0.1) is 0 Å². The SMILES string of the molecule is CCc1cc(-c2cnn(C)c2)ncc1N. The number of nitrogens with two attached hydrogens (primary N) is 1. The van der Waals surface area contributed by atoms with E-state index in [0.717, 1.165) is 28.9 Å². The number of pyridine rings is 1. The first-order valence-corrected chi connectivity index (χ1v) is 4.94. The highest BCUT2D eigenvalue weighted by Crippen LogP contribution is 2.20. The topological polar surface area (TPSA) is 56.7 Å². The fourth-order valence-electron chi connectivity index (χ4n) is 1.53. The van der Waals surface area contributed by atoms with Crippen LogP contribution in [0.25, 0.3) is 11.3 Å². The second-order valence-corrected chi connectivity index (χ2v) is 3.52. The number of aryl methyl sites for hydroxylation is 2. The number of rotatable bonds is 2. The lowest BCUT2D eigenvalue weighted by Gasteiger charge is -2.03. The lowest BCUT2D eigenvalue weighted by atomic mass is 10.1. The lowest BCUT2D eigenvalue weighted by molar-refractivity contribution is 0.768. The maximum Gasteiger partial charge on any atom is 0.0737 e. The van der Waals surface area contributed by atoms with Gasteiger partial charge >= 0.3 is 0 Å². The van der Waals surface area contributed by atoms with E-state index in [0.29, 0.717) is 0 Å². The molecule has 0 spiro atoms. The zero-order chi connectivity index (χ0) is 10.8. The molecule has 4 heteroatoms. The monoisotopic (exact) mass is 202 g/mol. The Kier molecular flexibility index (Phi) is 2.41. The molecule has 0 atom stereocenters. The van der Waals surface area contributed by atoms with Gasteiger partial charge in [0.15, 0.2) is 0 Å². The van der Waals surface area contributed by atoms with Gasteiger partial charge in [0.1, 0.15) is 0 Å². The first-order valence-electron chi connectivity index (χ1n) is 4.94. The summed E-state index contributed by atoms with van der Waals surface area (Å²) in [7, 11) is 1.89. The molecule has 0 unspecified atom stereocenters. The Hall–Kier alpha value is -1.84. The molecule has 15 heavy (non-hydrogen) atoms. The molecule has 0 fully saturated rings. The lowest BCUT2D eigenvalue weighted by Crippen LogP contribution is -1.95. The molecule has 2 rings (SSSR count). The maximum absolute atomic E-state index is 5.80. The molecule has 0 bridgehead atoms. The van der Waals surface area contributed by atoms with E-state index in [1.807, 2.05) is 19.3 Å². The molecule has 0 aliphatic rings. The van der Waals surface area contributed by atoms with Gasteiger partial charge in [0.25, 0.3) is 0 Å². The van der Waals surface area contributed by atoms with E-state index < -0.39 is 0 Å². The van der Waals surface area contributed by atoms with Crippen LogP contribution in [0.2, 0.25) is 0 Å². The molecule has 2 N–H and O–H groups in total. The third kappa shape index (κ3) is 1.83. The third-order valence-corrected chi connectivity index (χ3v) is 2.41. The van der Waals surface area contributed by atoms with Crippen LogP contribution in [0.3, 0.4) is 0 Å². The van der Waals surface area contributed by atoms with Crippen molar-refractivity contribution in [1.82, 2.24) is 14.8 Å². The second kappa shape index (κ2) is 3.73. The molecule has 4 nitrogen and oxygen atoms in total. The zero-order valence-electron chi connectivity index (χ0n) is 8.94. The summed E-state index contributed by atoms with van der Waals surface area (Å²) in [5.74, 6) is 0. The van der Waals surface area contributed by atoms with Crippen LogP contribution in [-0.2, 0) is 13.5 Å². The summed E-state index contributed by atoms with van der Waals surface area (Å²) in [6.07, 6.45) is 6.37. The predicted octanol–water partition coefficient (Wildman–Crippen LogP) is 1.63. The van der Waals surface area contributed by atoms with Crippen molar-refractivity contribution in [2.45, 2.75) is 13.3 Å². The summed E-state index contributed by atoms with van der Waals surface area (Å²) < 4.78 is 1.76. The van der Waals surface area contributed by atoms with Crippen LogP contribution < -0.4 is 5.73 Å². The summed E-state index contributed by atoms with van der Waals surface area (Å²) in [6, 6.07) is 2.02. The van der Waals surface area contributed by atoms with Gasteiger partial charge in [-0.25, -0.2) is 0 Å². The van der Waals surface area contributed by atoms with E-state index >= 15 is 0 Å². The molecule has 0 aliphatic carbocycles. The zero-order valence-corrected chi connectivity index (χ0v) is 8.94. The van der Waals surface area contributed by atoms with Crippen molar-refractivity contribution in [2.24, 2.45) is 7.05 Å². The number of hydrogen-bond acceptors (Lipinski definition) is 3. The van der Waals surface area contributed by atoms with Gasteiger partial charge in [0.2, 0.25) is 0 Å². The van der Waals surface area contributed by atoms with Crippen molar-refractivity contribution in [3.05, 3.63) is 30.2 Å². The first-order chi connectivity index (χ1) is 7.20. The first kappa shape index (κ1) is 9.71. The Morgan fingerprint density at radius 2 is 2.20 bits per heavy atom. The van der Waals surface area contributed by atoms with Crippen molar-refractivity contribution in [2.75, 3.05) is 5.73 Å². The average Bonchev–Trinajstić information content (AvgIpc) is 2.66. The van der Waals surface area contributed by atoms with Crippen LogP contribution >= 0.6 is 0 Å². The molecule has 2 aromatic rings. The average molecular weight is 202 g/mol. The summed E-state index contributed by atoms with van der Waals surface area (Å²) in [5.41, 5.74) is 9.63. The van der Waals surface area contributed by atoms with E-state index in [2.05, 4.69) is 17.0 Å². The quantitative estimate of drug-likeness (QED) is 0.805. The number of aromatic nitrogens is 3. The van der Waals surface area contributed by atoms with Gasteiger partial charge in [-0.05, 0) is 18.1 Å². The molecule has 0 saturated heterocycles. The Morgan fingerprint density at radius 1 is 1.40 bits per heavy atom. The van der Waals surface area contributed by atoms with Gasteiger partial charge in [0, 0.05) is 18.8 Å². The number of anilines is 1. The minimum Gasteiger partial charge on any atom is -0.397 e. The van der Waals surface area contributed by atoms with Crippen molar-refractivity contribution in [1.29, 1.82) is 0 Å². The Labute approximate surface area is 88.8 Å². The fraction of sp³-hybridized carbons (Fsp3) is 0.273. The van der Waals surface area contributed by atoms with Crippen LogP contribution in [0.4, 0.5) is 5.69 Å². The van der Waals surface area contributed by atoms with E-state index in [9.17, 15) is 0 Å². The van der Waals surface area contributed by atoms with Gasteiger partial charge in [-0.1, -0.05) is 6.92 Å². The standard InChI is InChI=1S/C11H14N4/c1-3-8-4-11(13-6-10(8)12)9-5-14-15(2)7-9/h4-7H,3,12H2,1-2H3. The highest BCUT2D eigenvalue weighted by molar-refractivity contribution is 5.61. The normalized spacial score (nSPS) is 10.5. The summed E-state index contributed by atoms with van der Waals surface area (Å²) >= 11 is 0. The van der Waals surface area contributed by atoms with E-state index in [-0.39, 0.29) is 0 Å². The van der Waals surface area contributed by atoms with Crippen molar-refractivity contribution < 1.29 is 0 Å².